The van der Waals surface area contributed by atoms with Gasteiger partial charge in [-0.2, -0.15) is 0 Å². The Balaban J connectivity index is 1.87. The Hall–Kier alpha value is -4.86. The molecule has 10 heteroatoms. The fourth-order valence-electron chi connectivity index (χ4n) is 4.45. The van der Waals surface area contributed by atoms with Gasteiger partial charge in [-0.05, 0) is 72.0 Å². The number of phenols is 3. The summed E-state index contributed by atoms with van der Waals surface area (Å²) in [6, 6.07) is 14.6. The van der Waals surface area contributed by atoms with Crippen LogP contribution in [0.1, 0.15) is 23.6 Å². The second-order valence-corrected chi connectivity index (χ2v) is 9.64. The van der Waals surface area contributed by atoms with Crippen LogP contribution in [0.4, 0.5) is 0 Å². The predicted octanol–water partition coefficient (Wildman–Crippen LogP) is 4.67. The minimum absolute atomic E-state index is 0.00232. The molecule has 224 valence electrons. The number of esters is 2. The van der Waals surface area contributed by atoms with E-state index in [4.69, 9.17) is 23.7 Å². The van der Waals surface area contributed by atoms with Crippen molar-refractivity contribution in [2.45, 2.75) is 19.8 Å². The Morgan fingerprint density at radius 3 is 1.62 bits per heavy atom. The van der Waals surface area contributed by atoms with Gasteiger partial charge in [0.05, 0.1) is 34.5 Å². The smallest absolute Gasteiger partial charge is 0.330 e. The van der Waals surface area contributed by atoms with E-state index in [1.165, 1.54) is 52.5 Å². The lowest BCUT2D eigenvalue weighted by Gasteiger charge is -2.27. The Bertz CT molecular complexity index is 1400. The molecule has 0 aliphatic rings. The third kappa shape index (κ3) is 9.09. The van der Waals surface area contributed by atoms with Gasteiger partial charge < -0.3 is 39.0 Å². The first-order valence-corrected chi connectivity index (χ1v) is 13.2. The summed E-state index contributed by atoms with van der Waals surface area (Å²) in [4.78, 5) is 24.5. The van der Waals surface area contributed by atoms with Crippen LogP contribution in [-0.4, -0.2) is 61.8 Å². The molecule has 10 nitrogen and oxygen atoms in total. The van der Waals surface area contributed by atoms with Crippen LogP contribution in [0.2, 0.25) is 0 Å². The molecule has 0 bridgehead atoms. The minimum Gasteiger partial charge on any atom is -0.504 e. The number of phenolic OH excluding ortho intramolecular Hbond substituents is 3. The zero-order valence-electron chi connectivity index (χ0n) is 24.0. The molecule has 0 radical (unpaired) electrons. The largest absolute Gasteiger partial charge is 0.504 e. The molecule has 2 unspecified atom stereocenters. The summed E-state index contributed by atoms with van der Waals surface area (Å²) >= 11 is 0. The Kier molecular flexibility index (Phi) is 11.5. The highest BCUT2D eigenvalue weighted by Crippen LogP contribution is 2.32. The number of ether oxygens (including phenoxy) is 5. The third-order valence-electron chi connectivity index (χ3n) is 6.71. The average Bonchev–Trinajstić information content (AvgIpc) is 2.98. The number of carbonyl (C=O) groups is 2. The number of carbonyl (C=O) groups excluding carboxylic acids is 2. The van der Waals surface area contributed by atoms with E-state index in [0.717, 1.165) is 11.1 Å². The number of rotatable bonds is 14. The fourth-order valence-corrected chi connectivity index (χ4v) is 4.45. The first-order chi connectivity index (χ1) is 20.1. The molecule has 3 aromatic rings. The van der Waals surface area contributed by atoms with Crippen molar-refractivity contribution in [3.8, 4) is 34.5 Å². The lowest BCUT2D eigenvalue weighted by Crippen LogP contribution is -2.30. The van der Waals surface area contributed by atoms with Crippen molar-refractivity contribution in [1.29, 1.82) is 0 Å². The molecule has 42 heavy (non-hydrogen) atoms. The fraction of sp³-hybridized carbons (Fsp3) is 0.312. The lowest BCUT2D eigenvalue weighted by molar-refractivity contribution is -0.145. The van der Waals surface area contributed by atoms with E-state index in [0.29, 0.717) is 29.9 Å². The van der Waals surface area contributed by atoms with Gasteiger partial charge in [-0.3, -0.25) is 4.79 Å². The van der Waals surface area contributed by atoms with E-state index in [1.807, 2.05) is 0 Å². The van der Waals surface area contributed by atoms with Gasteiger partial charge in [0.25, 0.3) is 0 Å². The van der Waals surface area contributed by atoms with Crippen LogP contribution in [0, 0.1) is 11.8 Å². The maximum absolute atomic E-state index is 12.7. The molecule has 0 saturated carbocycles. The first kappa shape index (κ1) is 31.7. The monoisotopic (exact) mass is 580 g/mol. The van der Waals surface area contributed by atoms with E-state index >= 15 is 0 Å². The van der Waals surface area contributed by atoms with Gasteiger partial charge >= 0.3 is 11.9 Å². The Morgan fingerprint density at radius 2 is 1.14 bits per heavy atom. The normalized spacial score (nSPS) is 12.4. The second kappa shape index (κ2) is 15.2. The van der Waals surface area contributed by atoms with Crippen LogP contribution in [0.3, 0.4) is 0 Å². The number of benzene rings is 3. The second-order valence-electron chi connectivity index (χ2n) is 9.64. The molecule has 0 fully saturated rings. The zero-order valence-corrected chi connectivity index (χ0v) is 24.0. The minimum atomic E-state index is -0.590. The Morgan fingerprint density at radius 1 is 0.690 bits per heavy atom. The van der Waals surface area contributed by atoms with E-state index < -0.39 is 11.9 Å². The summed E-state index contributed by atoms with van der Waals surface area (Å²) in [7, 11) is 4.34. The summed E-state index contributed by atoms with van der Waals surface area (Å²) in [5.74, 6) is -0.817. The van der Waals surface area contributed by atoms with Gasteiger partial charge in [0.2, 0.25) is 0 Å². The maximum atomic E-state index is 12.7. The summed E-state index contributed by atoms with van der Waals surface area (Å²) in [5, 5.41) is 29.9. The predicted molar refractivity (Wildman–Crippen MR) is 155 cm³/mol. The molecule has 0 aromatic heterocycles. The van der Waals surface area contributed by atoms with Crippen LogP contribution in [-0.2, 0) is 31.9 Å². The van der Waals surface area contributed by atoms with E-state index in [2.05, 4.69) is 0 Å². The molecule has 3 aromatic carbocycles. The Labute approximate surface area is 244 Å². The summed E-state index contributed by atoms with van der Waals surface area (Å²) in [5.41, 5.74) is 2.26. The van der Waals surface area contributed by atoms with Gasteiger partial charge in [-0.1, -0.05) is 18.2 Å². The van der Waals surface area contributed by atoms with Gasteiger partial charge in [0.15, 0.2) is 34.5 Å². The summed E-state index contributed by atoms with van der Waals surface area (Å²) in [6.07, 6.45) is 3.65. The van der Waals surface area contributed by atoms with Crippen LogP contribution in [0.25, 0.3) is 6.08 Å². The molecule has 0 amide bonds. The summed E-state index contributed by atoms with van der Waals surface area (Å²) in [6.45, 7) is 1.37. The molecule has 0 aliphatic carbocycles. The number of methoxy groups -OCH3 is 3. The van der Waals surface area contributed by atoms with Crippen molar-refractivity contribution >= 4 is 18.0 Å². The highest BCUT2D eigenvalue weighted by Gasteiger charge is 2.26. The van der Waals surface area contributed by atoms with Crippen LogP contribution in [0.15, 0.2) is 60.7 Å². The van der Waals surface area contributed by atoms with E-state index in [-0.39, 0.29) is 48.0 Å². The molecule has 0 heterocycles. The number of aromatic hydroxyl groups is 3. The SMILES string of the molecule is COc1cc(C=CC(=O)OCC(Cc2ccc(O)c(OC)c2)C(COC(C)=O)Cc2ccc(O)c(OC)c2)ccc1O. The summed E-state index contributed by atoms with van der Waals surface area (Å²) < 4.78 is 26.7. The van der Waals surface area contributed by atoms with E-state index in [1.54, 1.807) is 42.5 Å². The van der Waals surface area contributed by atoms with Crippen molar-refractivity contribution in [2.75, 3.05) is 34.5 Å². The molecule has 2 atom stereocenters. The van der Waals surface area contributed by atoms with E-state index in [9.17, 15) is 24.9 Å². The lowest BCUT2D eigenvalue weighted by atomic mass is 9.83. The van der Waals surface area contributed by atoms with Crippen molar-refractivity contribution in [3.05, 3.63) is 77.4 Å². The highest BCUT2D eigenvalue weighted by atomic mass is 16.5. The molecule has 0 aliphatic heterocycles. The van der Waals surface area contributed by atoms with Gasteiger partial charge in [0.1, 0.15) is 0 Å². The highest BCUT2D eigenvalue weighted by molar-refractivity contribution is 5.87. The first-order valence-electron chi connectivity index (χ1n) is 13.2. The zero-order chi connectivity index (χ0) is 30.6. The van der Waals surface area contributed by atoms with Crippen LogP contribution in [0.5, 0.6) is 34.5 Å². The topological polar surface area (TPSA) is 141 Å². The maximum Gasteiger partial charge on any atom is 0.330 e. The average molecular weight is 581 g/mol. The van der Waals surface area contributed by atoms with Crippen molar-refractivity contribution in [3.63, 3.8) is 0 Å². The molecular weight excluding hydrogens is 544 g/mol. The molecule has 3 rings (SSSR count). The number of hydrogen-bond acceptors (Lipinski definition) is 10. The van der Waals surface area contributed by atoms with Crippen molar-refractivity contribution in [1.82, 2.24) is 0 Å². The standard InChI is InChI=1S/C32H36O10/c1-20(33)41-18-24(13-22-6-10-27(35)30(16-22)39-3)25(14-23-7-11-28(36)31(17-23)40-4)19-42-32(37)12-8-21-5-9-26(34)29(15-21)38-2/h5-12,15-17,24-25,34-36H,13-14,18-19H2,1-4H3. The van der Waals surface area contributed by atoms with Crippen molar-refractivity contribution < 1.29 is 48.6 Å². The van der Waals surface area contributed by atoms with Gasteiger partial charge in [0, 0.05) is 24.8 Å². The van der Waals surface area contributed by atoms with Crippen LogP contribution < -0.4 is 14.2 Å². The van der Waals surface area contributed by atoms with Crippen LogP contribution >= 0.6 is 0 Å². The van der Waals surface area contributed by atoms with Gasteiger partial charge in [-0.25, -0.2) is 4.79 Å². The van der Waals surface area contributed by atoms with Gasteiger partial charge in [-0.15, -0.1) is 0 Å². The molecule has 3 N–H and O–H groups in total. The molecule has 0 saturated heterocycles. The molecule has 0 spiro atoms. The molecular formula is C32H36O10. The third-order valence-corrected chi connectivity index (χ3v) is 6.71. The number of hydrogen-bond donors (Lipinski definition) is 3. The van der Waals surface area contributed by atoms with Crippen molar-refractivity contribution in [2.24, 2.45) is 11.8 Å². The quantitative estimate of drug-likeness (QED) is 0.182.